The lowest BCUT2D eigenvalue weighted by molar-refractivity contribution is 0.0988. The Hall–Kier alpha value is -3.22. The predicted octanol–water partition coefficient (Wildman–Crippen LogP) is 6.37. The number of imidazole rings is 1. The monoisotopic (exact) mass is 476 g/mol. The number of rotatable bonds is 7. The quantitative estimate of drug-likeness (QED) is 0.274. The van der Waals surface area contributed by atoms with Crippen molar-refractivity contribution in [3.63, 3.8) is 0 Å². The topological polar surface area (TPSA) is 51.0 Å². The second-order valence-corrected chi connectivity index (χ2v) is 8.76. The second kappa shape index (κ2) is 10.1. The molecule has 0 aliphatic rings. The van der Waals surface area contributed by atoms with Gasteiger partial charge >= 0.3 is 0 Å². The molecular formula is C26H25ClN4OS. The molecule has 0 saturated heterocycles. The average molecular weight is 477 g/mol. The zero-order valence-corrected chi connectivity index (χ0v) is 20.0. The summed E-state index contributed by atoms with van der Waals surface area (Å²) in [6.45, 7) is 3.52. The van der Waals surface area contributed by atoms with Crippen molar-refractivity contribution < 1.29 is 4.79 Å². The largest absolute Gasteiger partial charge is 0.337 e. The summed E-state index contributed by atoms with van der Waals surface area (Å²) >= 11 is 1.59. The van der Waals surface area contributed by atoms with E-state index in [0.29, 0.717) is 12.1 Å². The molecule has 0 spiro atoms. The van der Waals surface area contributed by atoms with Crippen LogP contribution in [0, 0.1) is 0 Å². The molecule has 2 aromatic heterocycles. The summed E-state index contributed by atoms with van der Waals surface area (Å²) in [6.07, 6.45) is 7.25. The van der Waals surface area contributed by atoms with Gasteiger partial charge in [-0.15, -0.1) is 12.4 Å². The van der Waals surface area contributed by atoms with Crippen LogP contribution in [-0.2, 0) is 13.0 Å². The Morgan fingerprint density at radius 2 is 1.88 bits per heavy atom. The third kappa shape index (κ3) is 4.63. The molecule has 0 bridgehead atoms. The van der Waals surface area contributed by atoms with Crippen molar-refractivity contribution in [3.05, 3.63) is 90.5 Å². The first-order chi connectivity index (χ1) is 15.7. The minimum atomic E-state index is -0.00969. The van der Waals surface area contributed by atoms with Crippen molar-refractivity contribution in [2.45, 2.75) is 26.3 Å². The number of hydrogen-bond acceptors (Lipinski definition) is 4. The molecule has 33 heavy (non-hydrogen) atoms. The van der Waals surface area contributed by atoms with Gasteiger partial charge in [0.1, 0.15) is 0 Å². The zero-order valence-electron chi connectivity index (χ0n) is 18.3. The van der Waals surface area contributed by atoms with E-state index < -0.39 is 0 Å². The van der Waals surface area contributed by atoms with Gasteiger partial charge in [0.25, 0.3) is 5.91 Å². The van der Waals surface area contributed by atoms with Crippen LogP contribution >= 0.6 is 23.7 Å². The molecule has 5 aromatic rings. The number of carbonyl (C=O) groups is 1. The van der Waals surface area contributed by atoms with Crippen molar-refractivity contribution in [3.8, 4) is 0 Å². The van der Waals surface area contributed by atoms with Gasteiger partial charge in [-0.25, -0.2) is 9.97 Å². The van der Waals surface area contributed by atoms with E-state index in [1.807, 2.05) is 64.5 Å². The van der Waals surface area contributed by atoms with E-state index in [0.717, 1.165) is 45.5 Å². The number of hydrogen-bond donors (Lipinski definition) is 0. The number of carbonyl (C=O) groups excluding carboxylic acids is 1. The average Bonchev–Trinajstić information content (AvgIpc) is 3.50. The van der Waals surface area contributed by atoms with Gasteiger partial charge in [0, 0.05) is 31.0 Å². The second-order valence-electron chi connectivity index (χ2n) is 7.75. The standard InChI is InChI=1S/C26H24N4OS.ClH/c1-2-19-9-6-13-23-24(19)28-26(32-23)30(16-7-15-29-17-14-27-18-29)25(31)22-12-5-10-20-8-3-4-11-21(20)22;/h3-6,8-14,17-18H,2,7,15-16H2,1H3;1H. The Morgan fingerprint density at radius 3 is 2.70 bits per heavy atom. The van der Waals surface area contributed by atoms with E-state index in [-0.39, 0.29) is 18.3 Å². The first kappa shape index (κ1) is 23.0. The fraction of sp³-hybridized carbons (Fsp3) is 0.192. The van der Waals surface area contributed by atoms with Crippen LogP contribution in [0.2, 0.25) is 0 Å². The van der Waals surface area contributed by atoms with Crippen molar-refractivity contribution in [1.29, 1.82) is 0 Å². The number of aromatic nitrogens is 3. The molecule has 0 unspecified atom stereocenters. The van der Waals surface area contributed by atoms with Crippen LogP contribution in [-0.4, -0.2) is 27.0 Å². The van der Waals surface area contributed by atoms with Gasteiger partial charge < -0.3 is 4.57 Å². The van der Waals surface area contributed by atoms with Gasteiger partial charge in [-0.1, -0.05) is 66.8 Å². The molecular weight excluding hydrogens is 452 g/mol. The lowest BCUT2D eigenvalue weighted by Gasteiger charge is -2.21. The number of nitrogens with zero attached hydrogens (tertiary/aromatic N) is 4. The van der Waals surface area contributed by atoms with Gasteiger partial charge in [-0.05, 0) is 41.3 Å². The van der Waals surface area contributed by atoms with E-state index >= 15 is 0 Å². The molecule has 5 rings (SSSR count). The number of halogens is 1. The van der Waals surface area contributed by atoms with Gasteiger partial charge in [0.05, 0.1) is 16.5 Å². The molecule has 0 N–H and O–H groups in total. The van der Waals surface area contributed by atoms with Gasteiger partial charge in [0.15, 0.2) is 5.13 Å². The fourth-order valence-electron chi connectivity index (χ4n) is 4.07. The number of benzene rings is 3. The highest BCUT2D eigenvalue weighted by Gasteiger charge is 2.23. The Kier molecular flexibility index (Phi) is 7.06. The number of fused-ring (bicyclic) bond motifs is 2. The summed E-state index contributed by atoms with van der Waals surface area (Å²) in [5.41, 5.74) is 2.92. The minimum Gasteiger partial charge on any atom is -0.337 e. The summed E-state index contributed by atoms with van der Waals surface area (Å²) in [4.78, 5) is 24.8. The normalized spacial score (nSPS) is 10.9. The molecule has 2 heterocycles. The van der Waals surface area contributed by atoms with E-state index in [1.54, 1.807) is 17.5 Å². The highest BCUT2D eigenvalue weighted by molar-refractivity contribution is 7.22. The summed E-state index contributed by atoms with van der Waals surface area (Å²) < 4.78 is 3.15. The first-order valence-electron chi connectivity index (χ1n) is 10.9. The predicted molar refractivity (Wildman–Crippen MR) is 139 cm³/mol. The molecule has 1 amide bonds. The molecule has 0 aliphatic heterocycles. The first-order valence-corrected chi connectivity index (χ1v) is 11.7. The number of thiazole rings is 1. The SMILES string of the molecule is CCc1cccc2sc(N(CCCn3ccnc3)C(=O)c3cccc4ccccc34)nc12.Cl. The van der Waals surface area contributed by atoms with Crippen LogP contribution in [0.25, 0.3) is 21.0 Å². The molecule has 0 radical (unpaired) electrons. The Balaban J connectivity index is 0.00000259. The lowest BCUT2D eigenvalue weighted by atomic mass is 10.0. The smallest absolute Gasteiger partial charge is 0.260 e. The lowest BCUT2D eigenvalue weighted by Crippen LogP contribution is -2.32. The summed E-state index contributed by atoms with van der Waals surface area (Å²) in [5, 5.41) is 2.79. The number of anilines is 1. The van der Waals surface area contributed by atoms with E-state index in [4.69, 9.17) is 4.98 Å². The van der Waals surface area contributed by atoms with Gasteiger partial charge in [-0.3, -0.25) is 9.69 Å². The molecule has 0 atom stereocenters. The molecule has 7 heteroatoms. The number of amides is 1. The zero-order chi connectivity index (χ0) is 21.9. The third-order valence-corrected chi connectivity index (χ3v) is 6.77. The Morgan fingerprint density at radius 1 is 1.06 bits per heavy atom. The summed E-state index contributed by atoms with van der Waals surface area (Å²) in [6, 6.07) is 20.2. The molecule has 0 aliphatic carbocycles. The number of para-hydroxylation sites is 1. The highest BCUT2D eigenvalue weighted by atomic mass is 35.5. The fourth-order valence-corrected chi connectivity index (χ4v) is 5.10. The van der Waals surface area contributed by atoms with Crippen LogP contribution in [0.15, 0.2) is 79.4 Å². The number of aryl methyl sites for hydroxylation is 2. The van der Waals surface area contributed by atoms with Crippen LogP contribution < -0.4 is 4.90 Å². The third-order valence-electron chi connectivity index (χ3n) is 5.73. The van der Waals surface area contributed by atoms with Gasteiger partial charge in [-0.2, -0.15) is 0 Å². The minimum absolute atomic E-state index is 0. The molecule has 5 nitrogen and oxygen atoms in total. The van der Waals surface area contributed by atoms with E-state index in [9.17, 15) is 4.79 Å². The van der Waals surface area contributed by atoms with Crippen LogP contribution in [0.1, 0.15) is 29.3 Å². The molecule has 3 aromatic carbocycles. The maximum atomic E-state index is 13.9. The van der Waals surface area contributed by atoms with Crippen LogP contribution in [0.5, 0.6) is 0 Å². The van der Waals surface area contributed by atoms with E-state index in [2.05, 4.69) is 30.1 Å². The molecule has 0 fully saturated rings. The van der Waals surface area contributed by atoms with Crippen LogP contribution in [0.3, 0.4) is 0 Å². The van der Waals surface area contributed by atoms with Crippen molar-refractivity contribution in [2.75, 3.05) is 11.4 Å². The van der Waals surface area contributed by atoms with Crippen LogP contribution in [0.4, 0.5) is 5.13 Å². The Labute approximate surface area is 203 Å². The van der Waals surface area contributed by atoms with Gasteiger partial charge in [0.2, 0.25) is 0 Å². The maximum Gasteiger partial charge on any atom is 0.260 e. The maximum absolute atomic E-state index is 13.9. The molecule has 0 saturated carbocycles. The summed E-state index contributed by atoms with van der Waals surface area (Å²) in [7, 11) is 0. The Bertz CT molecular complexity index is 1370. The summed E-state index contributed by atoms with van der Waals surface area (Å²) in [5.74, 6) is -0.00969. The highest BCUT2D eigenvalue weighted by Crippen LogP contribution is 2.33. The van der Waals surface area contributed by atoms with Crippen molar-refractivity contribution >= 4 is 55.8 Å². The van der Waals surface area contributed by atoms with Crippen molar-refractivity contribution in [1.82, 2.24) is 14.5 Å². The molecule has 168 valence electrons. The van der Waals surface area contributed by atoms with E-state index in [1.165, 1.54) is 5.56 Å². The van der Waals surface area contributed by atoms with Crippen molar-refractivity contribution in [2.24, 2.45) is 0 Å².